The third-order valence-electron chi connectivity index (χ3n) is 5.88. The van der Waals surface area contributed by atoms with E-state index in [1.54, 1.807) is 43.0 Å². The second-order valence-electron chi connectivity index (χ2n) is 9.00. The molecule has 8 nitrogen and oxygen atoms in total. The van der Waals surface area contributed by atoms with Crippen molar-refractivity contribution >= 4 is 44.3 Å². The Morgan fingerprint density at radius 3 is 2.49 bits per heavy atom. The Morgan fingerprint density at radius 1 is 0.949 bits per heavy atom. The first-order valence-corrected chi connectivity index (χ1v) is 14.4. The Bertz CT molecular complexity index is 1680. The fraction of sp³-hybridized carbons (Fsp3) is 0.200. The number of para-hydroxylation sites is 2. The van der Waals surface area contributed by atoms with E-state index < -0.39 is 16.4 Å². The third-order valence-corrected chi connectivity index (χ3v) is 5.88. The summed E-state index contributed by atoms with van der Waals surface area (Å²) < 4.78 is 14.9. The summed E-state index contributed by atoms with van der Waals surface area (Å²) in [4.78, 5) is 34.0. The van der Waals surface area contributed by atoms with E-state index >= 15 is 0 Å². The number of carbonyl (C=O) groups is 1. The summed E-state index contributed by atoms with van der Waals surface area (Å²) in [5, 5.41) is 14.9. The van der Waals surface area contributed by atoms with Crippen molar-refractivity contribution in [2.24, 2.45) is 0 Å². The third kappa shape index (κ3) is 7.14. The van der Waals surface area contributed by atoms with Crippen molar-refractivity contribution < 1.29 is 18.5 Å². The number of amides is 1. The van der Waals surface area contributed by atoms with Crippen molar-refractivity contribution in [1.82, 2.24) is 9.97 Å². The zero-order valence-corrected chi connectivity index (χ0v) is 22.5. The maximum Gasteiger partial charge on any atom is 0.343 e. The highest BCUT2D eigenvalue weighted by atomic mass is 32.2. The molecule has 0 atom stereocenters. The van der Waals surface area contributed by atoms with Crippen LogP contribution in [-0.2, 0) is 22.0 Å². The quantitative estimate of drug-likeness (QED) is 0.207. The van der Waals surface area contributed by atoms with Gasteiger partial charge in [0.25, 0.3) is 0 Å². The fourth-order valence-corrected chi connectivity index (χ4v) is 4.10. The number of hydrogen-bond donors (Lipinski definition) is 2. The van der Waals surface area contributed by atoms with E-state index in [9.17, 15) is 18.9 Å². The first kappa shape index (κ1) is 27.7. The zero-order chi connectivity index (χ0) is 27.8. The summed E-state index contributed by atoms with van der Waals surface area (Å²) in [5.74, 6) is -0.191. The normalized spacial score (nSPS) is 10.8. The maximum atomic E-state index is 12.7. The van der Waals surface area contributed by atoms with E-state index in [1.165, 1.54) is 0 Å². The van der Waals surface area contributed by atoms with Crippen LogP contribution in [0.2, 0.25) is 0 Å². The number of unbranched alkanes of at least 4 members (excludes halogenated alkanes) is 1. The Balaban J connectivity index is 0.000000826. The number of nitrogens with one attached hydrogen (secondary N) is 1. The minimum Gasteiger partial charge on any atom is -0.507 e. The summed E-state index contributed by atoms with van der Waals surface area (Å²) in [7, 11) is -0.611. The van der Waals surface area contributed by atoms with Gasteiger partial charge in [0.2, 0.25) is 5.91 Å². The van der Waals surface area contributed by atoms with Crippen LogP contribution in [0.1, 0.15) is 24.8 Å². The van der Waals surface area contributed by atoms with E-state index in [-0.39, 0.29) is 23.6 Å². The van der Waals surface area contributed by atoms with E-state index in [0.717, 1.165) is 16.8 Å². The zero-order valence-electron chi connectivity index (χ0n) is 21.7. The van der Waals surface area contributed by atoms with Crippen LogP contribution in [-0.4, -0.2) is 37.7 Å². The number of fused-ring (bicyclic) bond motifs is 2. The van der Waals surface area contributed by atoms with Crippen LogP contribution in [0, 0.1) is 0 Å². The predicted molar refractivity (Wildman–Crippen MR) is 155 cm³/mol. The van der Waals surface area contributed by atoms with Gasteiger partial charge in [0, 0.05) is 41.3 Å². The van der Waals surface area contributed by atoms with Crippen LogP contribution in [0.15, 0.2) is 88.2 Å². The molecule has 0 spiro atoms. The molecule has 2 N–H and O–H groups in total. The minimum atomic E-state index is -0.611. The lowest BCUT2D eigenvalue weighted by Crippen LogP contribution is -2.12. The molecule has 0 aliphatic carbocycles. The van der Waals surface area contributed by atoms with Gasteiger partial charge in [0.15, 0.2) is 0 Å². The highest BCUT2D eigenvalue weighted by Crippen LogP contribution is 2.28. The lowest BCUT2D eigenvalue weighted by Gasteiger charge is -2.10. The summed E-state index contributed by atoms with van der Waals surface area (Å²) in [6.45, 7) is 0. The molecule has 5 aromatic rings. The lowest BCUT2D eigenvalue weighted by molar-refractivity contribution is -0.116. The van der Waals surface area contributed by atoms with Crippen molar-refractivity contribution in [1.29, 1.82) is 0 Å². The summed E-state index contributed by atoms with van der Waals surface area (Å²) in [5.41, 5.74) is 2.88. The first-order chi connectivity index (χ1) is 18.8. The molecule has 1 amide bonds. The van der Waals surface area contributed by atoms with Crippen LogP contribution in [0.4, 0.5) is 5.69 Å². The molecule has 200 valence electrons. The number of nitrogens with zero attached hydrogens (tertiary/aromatic N) is 2. The van der Waals surface area contributed by atoms with E-state index in [2.05, 4.69) is 10.3 Å². The molecule has 0 fully saturated rings. The van der Waals surface area contributed by atoms with Gasteiger partial charge in [-0.3, -0.25) is 14.0 Å². The van der Waals surface area contributed by atoms with Gasteiger partial charge in [0.05, 0.1) is 33.5 Å². The number of aromatic hydroxyl groups is 1. The van der Waals surface area contributed by atoms with E-state index in [4.69, 9.17) is 9.40 Å². The molecular weight excluding hydrogens is 514 g/mol. The van der Waals surface area contributed by atoms with E-state index in [1.807, 2.05) is 48.5 Å². The van der Waals surface area contributed by atoms with Gasteiger partial charge in [-0.15, -0.1) is 0 Å². The number of hydrogen-bond acceptors (Lipinski definition) is 7. The van der Waals surface area contributed by atoms with Gasteiger partial charge < -0.3 is 14.8 Å². The number of carbonyl (C=O) groups excluding carboxylic acids is 1. The minimum absolute atomic E-state index is 0.0492. The summed E-state index contributed by atoms with van der Waals surface area (Å²) >= 11 is 0. The average molecular weight is 544 g/mol. The molecule has 3 heterocycles. The largest absolute Gasteiger partial charge is 0.507 e. The Morgan fingerprint density at radius 2 is 1.72 bits per heavy atom. The molecule has 0 saturated carbocycles. The SMILES string of the molecule is CS(C)=O.O=C(CCCCc1c(O)c2ccccc2oc1=O)Nc1cccc2ccc(-c3ccccn3)nc12. The van der Waals surface area contributed by atoms with Crippen LogP contribution in [0.5, 0.6) is 5.75 Å². The molecule has 0 saturated heterocycles. The van der Waals surface area contributed by atoms with Crippen molar-refractivity contribution in [3.05, 3.63) is 95.0 Å². The molecule has 9 heteroatoms. The van der Waals surface area contributed by atoms with Crippen molar-refractivity contribution in [2.45, 2.75) is 25.7 Å². The Labute approximate surface area is 228 Å². The number of aromatic nitrogens is 2. The summed E-state index contributed by atoms with van der Waals surface area (Å²) in [6.07, 6.45) is 6.71. The molecule has 3 aromatic heterocycles. The molecule has 5 rings (SSSR count). The molecule has 0 radical (unpaired) electrons. The highest BCUT2D eigenvalue weighted by molar-refractivity contribution is 7.83. The van der Waals surface area contributed by atoms with Gasteiger partial charge in [-0.1, -0.05) is 36.4 Å². The van der Waals surface area contributed by atoms with Crippen LogP contribution in [0.25, 0.3) is 33.3 Å². The monoisotopic (exact) mass is 543 g/mol. The van der Waals surface area contributed by atoms with Crippen LogP contribution in [0.3, 0.4) is 0 Å². The lowest BCUT2D eigenvalue weighted by atomic mass is 10.1. The first-order valence-electron chi connectivity index (χ1n) is 12.4. The molecule has 0 aliphatic heterocycles. The van der Waals surface area contributed by atoms with Gasteiger partial charge in [-0.2, -0.15) is 0 Å². The van der Waals surface area contributed by atoms with Gasteiger partial charge in [-0.05, 0) is 55.7 Å². The molecule has 0 unspecified atom stereocenters. The standard InChI is InChI=1S/C28H23N3O4.C2H6OS/c32-25(14-4-2-10-20-27(33)19-9-1-3-13-24(19)35-28(20)34)30-23-12-7-8-18-15-16-22(31-26(18)23)21-11-5-6-17-29-21;1-4(2)3/h1,3,5-9,11-13,15-17,33H,2,4,10,14H2,(H,30,32);1-2H3. The van der Waals surface area contributed by atoms with Crippen molar-refractivity contribution in [2.75, 3.05) is 17.8 Å². The van der Waals surface area contributed by atoms with Crippen LogP contribution >= 0.6 is 0 Å². The van der Waals surface area contributed by atoms with Crippen molar-refractivity contribution in [3.8, 4) is 17.1 Å². The topological polar surface area (TPSA) is 122 Å². The van der Waals surface area contributed by atoms with Gasteiger partial charge in [0.1, 0.15) is 11.3 Å². The Kier molecular flexibility index (Phi) is 9.17. The Hall–Kier alpha value is -4.37. The van der Waals surface area contributed by atoms with Gasteiger partial charge >= 0.3 is 5.63 Å². The number of rotatable bonds is 7. The summed E-state index contributed by atoms with van der Waals surface area (Å²) in [6, 6.07) is 22.0. The van der Waals surface area contributed by atoms with E-state index in [0.29, 0.717) is 41.4 Å². The predicted octanol–water partition coefficient (Wildman–Crippen LogP) is 5.46. The second kappa shape index (κ2) is 12.9. The molecule has 0 bridgehead atoms. The molecule has 0 aliphatic rings. The number of anilines is 1. The fourth-order valence-electron chi connectivity index (χ4n) is 4.10. The number of pyridine rings is 2. The maximum absolute atomic E-state index is 12.7. The number of benzene rings is 2. The van der Waals surface area contributed by atoms with Gasteiger partial charge in [-0.25, -0.2) is 9.78 Å². The highest BCUT2D eigenvalue weighted by Gasteiger charge is 2.14. The average Bonchev–Trinajstić information content (AvgIpc) is 2.93. The molecule has 39 heavy (non-hydrogen) atoms. The molecular formula is C30H29N3O5S. The van der Waals surface area contributed by atoms with Crippen molar-refractivity contribution in [3.63, 3.8) is 0 Å². The smallest absolute Gasteiger partial charge is 0.343 e. The second-order valence-corrected chi connectivity index (χ2v) is 10.5. The van der Waals surface area contributed by atoms with Crippen LogP contribution < -0.4 is 10.9 Å². The molecule has 2 aromatic carbocycles.